The van der Waals surface area contributed by atoms with Gasteiger partial charge in [-0.05, 0) is 26.7 Å². The van der Waals surface area contributed by atoms with Crippen LogP contribution in [-0.2, 0) is 11.3 Å². The van der Waals surface area contributed by atoms with Crippen LogP contribution in [-0.4, -0.2) is 28.4 Å². The third-order valence-electron chi connectivity index (χ3n) is 3.99. The van der Waals surface area contributed by atoms with Gasteiger partial charge in [0.25, 0.3) is 0 Å². The number of aromatic nitrogens is 1. The van der Waals surface area contributed by atoms with E-state index in [1.165, 1.54) is 0 Å². The fourth-order valence-electron chi connectivity index (χ4n) is 2.82. The van der Waals surface area contributed by atoms with Crippen molar-refractivity contribution >= 4 is 42.1 Å². The summed E-state index contributed by atoms with van der Waals surface area (Å²) >= 11 is 1.64. The topological polar surface area (TPSA) is 59.2 Å². The number of rotatable bonds is 3. The van der Waals surface area contributed by atoms with E-state index in [9.17, 15) is 4.79 Å². The molecule has 2 unspecified atom stereocenters. The maximum absolute atomic E-state index is 12.6. The first-order chi connectivity index (χ1) is 8.90. The standard InChI is InChI=1S/C14H23N3OS.2ClH/c1-10-16-8-11(19-10)9-17(3)13(18)12-6-4-5-7-14(12,2)15;;/h8,12H,4-7,9,15H2,1-3H3;2*1H. The molecule has 2 N–H and O–H groups in total. The zero-order valence-electron chi connectivity index (χ0n) is 12.8. The lowest BCUT2D eigenvalue weighted by Crippen LogP contribution is -2.52. The van der Waals surface area contributed by atoms with Gasteiger partial charge in [0.05, 0.1) is 17.5 Å². The van der Waals surface area contributed by atoms with E-state index in [1.807, 2.05) is 27.1 Å². The van der Waals surface area contributed by atoms with E-state index in [2.05, 4.69) is 4.98 Å². The molecule has 0 radical (unpaired) electrons. The number of aryl methyl sites for hydroxylation is 1. The van der Waals surface area contributed by atoms with Gasteiger partial charge in [-0.15, -0.1) is 36.2 Å². The SMILES string of the molecule is Cc1ncc(CN(C)C(=O)C2CCCCC2(C)N)s1.Cl.Cl. The first kappa shape index (κ1) is 20.6. The van der Waals surface area contributed by atoms with E-state index in [0.717, 1.165) is 35.6 Å². The number of halogens is 2. The van der Waals surface area contributed by atoms with Crippen molar-refractivity contribution < 1.29 is 4.79 Å². The van der Waals surface area contributed by atoms with Crippen molar-refractivity contribution in [3.8, 4) is 0 Å². The molecule has 7 heteroatoms. The maximum Gasteiger partial charge on any atom is 0.227 e. The highest BCUT2D eigenvalue weighted by atomic mass is 35.5. The summed E-state index contributed by atoms with van der Waals surface area (Å²) in [7, 11) is 1.86. The zero-order chi connectivity index (χ0) is 14.0. The van der Waals surface area contributed by atoms with Crippen LogP contribution in [0.3, 0.4) is 0 Å². The molecule has 0 aromatic carbocycles. The van der Waals surface area contributed by atoms with Crippen molar-refractivity contribution in [2.45, 2.75) is 51.6 Å². The van der Waals surface area contributed by atoms with Crippen molar-refractivity contribution in [2.24, 2.45) is 11.7 Å². The Bertz CT molecular complexity index is 465. The van der Waals surface area contributed by atoms with E-state index >= 15 is 0 Å². The van der Waals surface area contributed by atoms with Gasteiger partial charge in [-0.1, -0.05) is 12.8 Å². The lowest BCUT2D eigenvalue weighted by molar-refractivity contribution is -0.138. The van der Waals surface area contributed by atoms with Crippen LogP contribution in [0.5, 0.6) is 0 Å². The van der Waals surface area contributed by atoms with Crippen molar-refractivity contribution in [1.82, 2.24) is 9.88 Å². The smallest absolute Gasteiger partial charge is 0.227 e. The Balaban J connectivity index is 0.00000200. The Hall–Kier alpha value is -0.360. The minimum Gasteiger partial charge on any atom is -0.340 e. The Kier molecular flexibility index (Phi) is 8.18. The highest BCUT2D eigenvalue weighted by Gasteiger charge is 2.39. The molecule has 0 saturated heterocycles. The highest BCUT2D eigenvalue weighted by Crippen LogP contribution is 2.33. The molecular formula is C14H25Cl2N3OS. The first-order valence-corrected chi connectivity index (χ1v) is 7.67. The fraction of sp³-hybridized carbons (Fsp3) is 0.714. The predicted molar refractivity (Wildman–Crippen MR) is 92.4 cm³/mol. The van der Waals surface area contributed by atoms with Gasteiger partial charge in [0.15, 0.2) is 0 Å². The van der Waals surface area contributed by atoms with Gasteiger partial charge < -0.3 is 10.6 Å². The van der Waals surface area contributed by atoms with Gasteiger partial charge in [0, 0.05) is 23.7 Å². The minimum atomic E-state index is -0.354. The molecule has 21 heavy (non-hydrogen) atoms. The molecule has 1 fully saturated rings. The molecule has 4 nitrogen and oxygen atoms in total. The summed E-state index contributed by atoms with van der Waals surface area (Å²) in [5.41, 5.74) is 5.95. The van der Waals surface area contributed by atoms with Gasteiger partial charge in [0.1, 0.15) is 0 Å². The molecule has 1 aromatic rings. The first-order valence-electron chi connectivity index (χ1n) is 6.85. The molecule has 1 aliphatic carbocycles. The van der Waals surface area contributed by atoms with Gasteiger partial charge >= 0.3 is 0 Å². The van der Waals surface area contributed by atoms with Crippen molar-refractivity contribution in [3.05, 3.63) is 16.1 Å². The van der Waals surface area contributed by atoms with Crippen LogP contribution >= 0.6 is 36.2 Å². The molecule has 0 bridgehead atoms. The number of thiazole rings is 1. The predicted octanol–water partition coefficient (Wildman–Crippen LogP) is 3.16. The lowest BCUT2D eigenvalue weighted by Gasteiger charge is -2.39. The Morgan fingerprint density at radius 2 is 2.19 bits per heavy atom. The monoisotopic (exact) mass is 353 g/mol. The molecular weight excluding hydrogens is 329 g/mol. The summed E-state index contributed by atoms with van der Waals surface area (Å²) in [4.78, 5) is 19.7. The quantitative estimate of drug-likeness (QED) is 0.907. The van der Waals surface area contributed by atoms with Gasteiger partial charge in [-0.2, -0.15) is 0 Å². The van der Waals surface area contributed by atoms with Crippen LogP contribution in [0.25, 0.3) is 0 Å². The number of carbonyl (C=O) groups excluding carboxylic acids is 1. The van der Waals surface area contributed by atoms with Crippen molar-refractivity contribution in [3.63, 3.8) is 0 Å². The molecule has 122 valence electrons. The molecule has 1 aromatic heterocycles. The van der Waals surface area contributed by atoms with Crippen molar-refractivity contribution in [1.29, 1.82) is 0 Å². The van der Waals surface area contributed by atoms with Crippen molar-refractivity contribution in [2.75, 3.05) is 7.05 Å². The average molecular weight is 354 g/mol. The van der Waals surface area contributed by atoms with Crippen LogP contribution in [0.1, 0.15) is 42.5 Å². The third kappa shape index (κ3) is 5.09. The molecule has 0 spiro atoms. The molecule has 1 heterocycles. The van der Waals surface area contributed by atoms with Crippen LogP contribution in [0, 0.1) is 12.8 Å². The number of carbonyl (C=O) groups is 1. The summed E-state index contributed by atoms with van der Waals surface area (Å²) in [6, 6.07) is 0. The van der Waals surface area contributed by atoms with Gasteiger partial charge in [0.2, 0.25) is 5.91 Å². The molecule has 1 amide bonds. The van der Waals surface area contributed by atoms with E-state index in [0.29, 0.717) is 6.54 Å². The number of nitrogens with zero attached hydrogens (tertiary/aromatic N) is 2. The maximum atomic E-state index is 12.6. The summed E-state index contributed by atoms with van der Waals surface area (Å²) in [5, 5.41) is 1.04. The average Bonchev–Trinajstić information content (AvgIpc) is 2.73. The molecule has 1 saturated carbocycles. The van der Waals surface area contributed by atoms with Crippen LogP contribution in [0.15, 0.2) is 6.20 Å². The normalized spacial score (nSPS) is 24.7. The minimum absolute atomic E-state index is 0. The third-order valence-corrected chi connectivity index (χ3v) is 4.89. The van der Waals surface area contributed by atoms with E-state index in [4.69, 9.17) is 5.73 Å². The Morgan fingerprint density at radius 1 is 1.52 bits per heavy atom. The molecule has 2 atom stereocenters. The lowest BCUT2D eigenvalue weighted by atomic mass is 9.74. The number of nitrogens with two attached hydrogens (primary N) is 1. The molecule has 2 rings (SSSR count). The summed E-state index contributed by atoms with van der Waals surface area (Å²) in [6.45, 7) is 4.63. The summed E-state index contributed by atoms with van der Waals surface area (Å²) in [5.74, 6) is 0.135. The second-order valence-corrected chi connectivity index (χ2v) is 7.16. The highest BCUT2D eigenvalue weighted by molar-refractivity contribution is 7.11. The van der Waals surface area contributed by atoms with Crippen LogP contribution < -0.4 is 5.73 Å². The van der Waals surface area contributed by atoms with Gasteiger partial charge in [-0.3, -0.25) is 4.79 Å². The second kappa shape index (κ2) is 8.32. The van der Waals surface area contributed by atoms with Crippen LogP contribution in [0.4, 0.5) is 0 Å². The fourth-order valence-corrected chi connectivity index (χ4v) is 3.67. The summed E-state index contributed by atoms with van der Waals surface area (Å²) in [6.07, 6.45) is 5.95. The Morgan fingerprint density at radius 3 is 2.71 bits per heavy atom. The van der Waals surface area contributed by atoms with Gasteiger partial charge in [-0.25, -0.2) is 4.98 Å². The molecule has 1 aliphatic rings. The van der Waals surface area contributed by atoms with Crippen LogP contribution in [0.2, 0.25) is 0 Å². The Labute approximate surface area is 143 Å². The second-order valence-electron chi connectivity index (χ2n) is 5.84. The summed E-state index contributed by atoms with van der Waals surface area (Å²) < 4.78 is 0. The van der Waals surface area contributed by atoms with E-state index in [-0.39, 0.29) is 42.2 Å². The number of hydrogen-bond donors (Lipinski definition) is 1. The number of amides is 1. The molecule has 0 aliphatic heterocycles. The number of hydrogen-bond acceptors (Lipinski definition) is 4. The van der Waals surface area contributed by atoms with E-state index in [1.54, 1.807) is 16.2 Å². The largest absolute Gasteiger partial charge is 0.340 e. The van der Waals surface area contributed by atoms with E-state index < -0.39 is 0 Å². The zero-order valence-corrected chi connectivity index (χ0v) is 15.2.